The SMILES string of the molecule is CN(C)C(=O)Nc1cc(NS(=O)(=O)CCl)c(Cl)cc1F. The molecule has 10 heteroatoms. The average Bonchev–Trinajstić information content (AvgIpc) is 2.34. The lowest BCUT2D eigenvalue weighted by Crippen LogP contribution is -2.27. The highest BCUT2D eigenvalue weighted by Gasteiger charge is 2.16. The lowest BCUT2D eigenvalue weighted by atomic mass is 10.2. The third-order valence-electron chi connectivity index (χ3n) is 2.11. The number of amides is 2. The molecule has 0 aliphatic rings. The van der Waals surface area contributed by atoms with Gasteiger partial charge in [0.1, 0.15) is 11.0 Å². The molecular formula is C10H12Cl2FN3O3S. The molecule has 0 bridgehead atoms. The van der Waals surface area contributed by atoms with Gasteiger partial charge in [0.15, 0.2) is 0 Å². The summed E-state index contributed by atoms with van der Waals surface area (Å²) in [5, 5.41) is 1.43. The predicted octanol–water partition coefficient (Wildman–Crippen LogP) is 2.51. The number of nitrogens with one attached hydrogen (secondary N) is 2. The van der Waals surface area contributed by atoms with E-state index in [2.05, 4.69) is 10.0 Å². The van der Waals surface area contributed by atoms with E-state index in [-0.39, 0.29) is 16.4 Å². The Morgan fingerprint density at radius 3 is 2.45 bits per heavy atom. The highest BCUT2D eigenvalue weighted by atomic mass is 35.5. The number of alkyl halides is 1. The van der Waals surface area contributed by atoms with Gasteiger partial charge in [0.05, 0.1) is 16.4 Å². The third kappa shape index (κ3) is 4.39. The number of carbonyl (C=O) groups is 1. The number of hydrogen-bond donors (Lipinski definition) is 2. The van der Waals surface area contributed by atoms with Gasteiger partial charge in [-0.1, -0.05) is 11.6 Å². The van der Waals surface area contributed by atoms with Crippen LogP contribution in [0.4, 0.5) is 20.6 Å². The molecule has 2 N–H and O–H groups in total. The number of rotatable bonds is 4. The van der Waals surface area contributed by atoms with E-state index in [1.54, 1.807) is 0 Å². The molecule has 0 atom stereocenters. The number of halogens is 3. The molecule has 6 nitrogen and oxygen atoms in total. The molecule has 0 aliphatic heterocycles. The van der Waals surface area contributed by atoms with Gasteiger partial charge in [0, 0.05) is 14.1 Å². The van der Waals surface area contributed by atoms with Crippen LogP contribution in [0, 0.1) is 5.82 Å². The lowest BCUT2D eigenvalue weighted by molar-refractivity contribution is 0.230. The molecule has 0 unspecified atom stereocenters. The first kappa shape index (κ1) is 16.8. The minimum Gasteiger partial charge on any atom is -0.331 e. The monoisotopic (exact) mass is 343 g/mol. The van der Waals surface area contributed by atoms with Crippen LogP contribution in [-0.4, -0.2) is 38.7 Å². The summed E-state index contributed by atoms with van der Waals surface area (Å²) in [6.07, 6.45) is 0. The summed E-state index contributed by atoms with van der Waals surface area (Å²) >= 11 is 11.0. The van der Waals surface area contributed by atoms with E-state index >= 15 is 0 Å². The van der Waals surface area contributed by atoms with Gasteiger partial charge in [0.25, 0.3) is 0 Å². The molecule has 20 heavy (non-hydrogen) atoms. The summed E-state index contributed by atoms with van der Waals surface area (Å²) < 4.78 is 38.4. The highest BCUT2D eigenvalue weighted by molar-refractivity contribution is 7.93. The van der Waals surface area contributed by atoms with Crippen LogP contribution in [0.5, 0.6) is 0 Å². The van der Waals surface area contributed by atoms with E-state index in [1.165, 1.54) is 19.0 Å². The Kier molecular flexibility index (Phi) is 5.43. The zero-order valence-electron chi connectivity index (χ0n) is 10.6. The van der Waals surface area contributed by atoms with Gasteiger partial charge >= 0.3 is 6.03 Å². The smallest absolute Gasteiger partial charge is 0.321 e. The van der Waals surface area contributed by atoms with Crippen molar-refractivity contribution in [1.29, 1.82) is 0 Å². The molecule has 0 fully saturated rings. The Morgan fingerprint density at radius 2 is 1.95 bits per heavy atom. The molecule has 112 valence electrons. The zero-order chi connectivity index (χ0) is 15.5. The van der Waals surface area contributed by atoms with Crippen molar-refractivity contribution >= 4 is 50.6 Å². The maximum atomic E-state index is 13.6. The summed E-state index contributed by atoms with van der Waals surface area (Å²) in [6.45, 7) is 0. The van der Waals surface area contributed by atoms with Crippen molar-refractivity contribution < 1.29 is 17.6 Å². The Hall–Kier alpha value is -1.25. The van der Waals surface area contributed by atoms with Gasteiger partial charge in [0.2, 0.25) is 10.0 Å². The fourth-order valence-corrected chi connectivity index (χ4v) is 2.12. The molecular weight excluding hydrogens is 332 g/mol. The van der Waals surface area contributed by atoms with Crippen molar-refractivity contribution in [3.63, 3.8) is 0 Å². The summed E-state index contributed by atoms with van der Waals surface area (Å²) in [4.78, 5) is 12.6. The number of urea groups is 1. The van der Waals surface area contributed by atoms with Gasteiger partial charge in [-0.2, -0.15) is 0 Å². The van der Waals surface area contributed by atoms with Crippen LogP contribution in [0.1, 0.15) is 0 Å². The van der Waals surface area contributed by atoms with E-state index in [0.717, 1.165) is 12.1 Å². The van der Waals surface area contributed by atoms with Crippen LogP contribution in [0.2, 0.25) is 5.02 Å². The predicted molar refractivity (Wildman–Crippen MR) is 77.4 cm³/mol. The molecule has 0 aliphatic carbocycles. The summed E-state index contributed by atoms with van der Waals surface area (Å²) in [7, 11) is -0.839. The average molecular weight is 344 g/mol. The summed E-state index contributed by atoms with van der Waals surface area (Å²) in [6, 6.07) is 1.39. The van der Waals surface area contributed by atoms with Gasteiger partial charge < -0.3 is 10.2 Å². The van der Waals surface area contributed by atoms with E-state index < -0.39 is 27.1 Å². The minimum absolute atomic E-state index is 0.0808. The molecule has 0 spiro atoms. The normalized spacial score (nSPS) is 11.1. The van der Waals surface area contributed by atoms with Crippen molar-refractivity contribution in [3.8, 4) is 0 Å². The van der Waals surface area contributed by atoms with E-state index in [4.69, 9.17) is 23.2 Å². The fraction of sp³-hybridized carbons (Fsp3) is 0.300. The van der Waals surface area contributed by atoms with Gasteiger partial charge in [-0.15, -0.1) is 11.6 Å². The summed E-state index contributed by atoms with van der Waals surface area (Å²) in [5.41, 5.74) is -0.289. The van der Waals surface area contributed by atoms with E-state index in [0.29, 0.717) is 0 Å². The van der Waals surface area contributed by atoms with Gasteiger partial charge in [-0.05, 0) is 12.1 Å². The lowest BCUT2D eigenvalue weighted by Gasteiger charge is -2.14. The first-order valence-corrected chi connectivity index (χ1v) is 7.76. The molecule has 0 saturated carbocycles. The van der Waals surface area contributed by atoms with Crippen molar-refractivity contribution in [2.45, 2.75) is 0 Å². The van der Waals surface area contributed by atoms with E-state index in [9.17, 15) is 17.6 Å². The van der Waals surface area contributed by atoms with Crippen molar-refractivity contribution in [1.82, 2.24) is 4.90 Å². The quantitative estimate of drug-likeness (QED) is 0.824. The second kappa shape index (κ2) is 6.47. The second-order valence-corrected chi connectivity index (χ2v) is 6.68. The van der Waals surface area contributed by atoms with Crippen molar-refractivity contribution in [2.24, 2.45) is 0 Å². The molecule has 1 rings (SSSR count). The van der Waals surface area contributed by atoms with Gasteiger partial charge in [-0.3, -0.25) is 4.72 Å². The molecule has 0 aromatic heterocycles. The Morgan fingerprint density at radius 1 is 1.35 bits per heavy atom. The maximum Gasteiger partial charge on any atom is 0.321 e. The van der Waals surface area contributed by atoms with Crippen molar-refractivity contribution in [3.05, 3.63) is 23.0 Å². The van der Waals surface area contributed by atoms with Crippen LogP contribution >= 0.6 is 23.2 Å². The largest absolute Gasteiger partial charge is 0.331 e. The van der Waals surface area contributed by atoms with Crippen LogP contribution in [-0.2, 0) is 10.0 Å². The van der Waals surface area contributed by atoms with Crippen LogP contribution in [0.25, 0.3) is 0 Å². The first-order valence-electron chi connectivity index (χ1n) is 5.20. The Bertz CT molecular complexity index is 622. The standard InChI is InChI=1S/C10H12Cl2FN3O3S/c1-16(2)10(17)14-9-4-8(6(12)3-7(9)13)15-20(18,19)5-11/h3-4,15H,5H2,1-2H3,(H,14,17). The molecule has 0 saturated heterocycles. The third-order valence-corrected chi connectivity index (χ3v) is 4.11. The maximum absolute atomic E-state index is 13.6. The number of benzene rings is 1. The van der Waals surface area contributed by atoms with Gasteiger partial charge in [-0.25, -0.2) is 17.6 Å². The van der Waals surface area contributed by atoms with Crippen molar-refractivity contribution in [2.75, 3.05) is 29.3 Å². The molecule has 1 aromatic carbocycles. The molecule has 1 aromatic rings. The molecule has 0 radical (unpaired) electrons. The Labute approximate surface area is 125 Å². The number of anilines is 2. The minimum atomic E-state index is -3.78. The highest BCUT2D eigenvalue weighted by Crippen LogP contribution is 2.29. The van der Waals surface area contributed by atoms with Crippen LogP contribution < -0.4 is 10.0 Å². The fourth-order valence-electron chi connectivity index (χ4n) is 1.14. The number of sulfonamides is 1. The molecule has 2 amide bonds. The topological polar surface area (TPSA) is 78.5 Å². The number of hydrogen-bond acceptors (Lipinski definition) is 3. The van der Waals surface area contributed by atoms with E-state index in [1.807, 2.05) is 0 Å². The number of carbonyl (C=O) groups excluding carboxylic acids is 1. The van der Waals surface area contributed by atoms with Crippen LogP contribution in [0.3, 0.4) is 0 Å². The summed E-state index contributed by atoms with van der Waals surface area (Å²) in [5.74, 6) is -0.793. The first-order chi connectivity index (χ1) is 9.16. The number of nitrogens with zero attached hydrogens (tertiary/aromatic N) is 1. The molecule has 0 heterocycles. The second-order valence-electron chi connectivity index (χ2n) is 3.96. The van der Waals surface area contributed by atoms with Crippen LogP contribution in [0.15, 0.2) is 12.1 Å². The Balaban J connectivity index is 3.13. The zero-order valence-corrected chi connectivity index (χ0v) is 12.9.